The van der Waals surface area contributed by atoms with E-state index in [2.05, 4.69) is 10.3 Å². The quantitative estimate of drug-likeness (QED) is 0.728. The molecule has 2 rings (SSSR count). The number of ether oxygens (including phenoxy) is 1. The van der Waals surface area contributed by atoms with Crippen LogP contribution in [0.1, 0.15) is 50.5 Å². The van der Waals surface area contributed by atoms with Gasteiger partial charge in [0.25, 0.3) is 0 Å². The molecule has 28 heavy (non-hydrogen) atoms. The van der Waals surface area contributed by atoms with Crippen LogP contribution in [-0.4, -0.2) is 53.3 Å². The molecular weight excluding hydrogens is 364 g/mol. The van der Waals surface area contributed by atoms with Crippen molar-refractivity contribution >= 4 is 29.4 Å². The van der Waals surface area contributed by atoms with Crippen molar-refractivity contribution in [2.24, 2.45) is 11.8 Å². The highest BCUT2D eigenvalue weighted by molar-refractivity contribution is 6.05. The molecule has 154 valence electrons. The molecule has 0 aromatic carbocycles. The molecule has 1 aliphatic rings. The number of esters is 1. The molecule has 0 fully saturated rings. The molecule has 2 unspecified atom stereocenters. The molecule has 9 heteroatoms. The zero-order valence-corrected chi connectivity index (χ0v) is 17.0. The van der Waals surface area contributed by atoms with E-state index in [4.69, 9.17) is 4.74 Å². The van der Waals surface area contributed by atoms with Crippen molar-refractivity contribution in [3.8, 4) is 0 Å². The van der Waals surface area contributed by atoms with Gasteiger partial charge in [0.15, 0.2) is 11.6 Å². The molecule has 0 saturated carbocycles. The maximum Gasteiger partial charge on any atom is 0.328 e. The molecule has 2 heterocycles. The smallest absolute Gasteiger partial charge is 0.328 e. The molecule has 2 amide bonds. The highest BCUT2D eigenvalue weighted by Crippen LogP contribution is 2.26. The highest BCUT2D eigenvalue weighted by atomic mass is 16.5. The van der Waals surface area contributed by atoms with Crippen molar-refractivity contribution in [3.63, 3.8) is 0 Å². The van der Waals surface area contributed by atoms with E-state index in [0.717, 1.165) is 0 Å². The Kier molecular flexibility index (Phi) is 6.93. The summed E-state index contributed by atoms with van der Waals surface area (Å²) in [4.78, 5) is 55.0. The predicted molar refractivity (Wildman–Crippen MR) is 102 cm³/mol. The normalized spacial score (nSPS) is 18.4. The Morgan fingerprint density at radius 3 is 2.64 bits per heavy atom. The summed E-state index contributed by atoms with van der Waals surface area (Å²) in [7, 11) is 2.84. The molecule has 1 aromatic rings. The number of anilines is 1. The summed E-state index contributed by atoms with van der Waals surface area (Å²) in [6.07, 6.45) is 2.46. The van der Waals surface area contributed by atoms with Gasteiger partial charge in [-0.15, -0.1) is 0 Å². The number of hydrogen-bond donors (Lipinski definition) is 1. The molecular formula is C19H28N4O5. The van der Waals surface area contributed by atoms with E-state index in [0.29, 0.717) is 12.8 Å². The van der Waals surface area contributed by atoms with Crippen LogP contribution in [0.3, 0.4) is 0 Å². The van der Waals surface area contributed by atoms with Gasteiger partial charge in [0.05, 0.1) is 13.4 Å². The number of carbonyl (C=O) groups excluding carboxylic acids is 4. The molecule has 0 radical (unpaired) electrons. The van der Waals surface area contributed by atoms with E-state index in [1.165, 1.54) is 22.9 Å². The summed E-state index contributed by atoms with van der Waals surface area (Å²) in [6.45, 7) is 5.47. The lowest BCUT2D eigenvalue weighted by atomic mass is 9.98. The molecule has 1 aromatic heterocycles. The Bertz CT molecular complexity index is 770. The van der Waals surface area contributed by atoms with Gasteiger partial charge in [-0.3, -0.25) is 19.3 Å². The summed E-state index contributed by atoms with van der Waals surface area (Å²) in [5.74, 6) is -1.08. The average Bonchev–Trinajstić information content (AvgIpc) is 3.05. The molecule has 1 aliphatic heterocycles. The number of carbonyl (C=O) groups is 4. The van der Waals surface area contributed by atoms with Crippen LogP contribution < -0.4 is 10.2 Å². The zero-order valence-electron chi connectivity index (χ0n) is 17.0. The Hall–Kier alpha value is -2.71. The lowest BCUT2D eigenvalue weighted by Gasteiger charge is -2.23. The van der Waals surface area contributed by atoms with Crippen LogP contribution in [0.25, 0.3) is 0 Å². The summed E-state index contributed by atoms with van der Waals surface area (Å²) in [6, 6.07) is -0.761. The summed E-state index contributed by atoms with van der Waals surface area (Å²) >= 11 is 0. The standard InChI is InChI=1S/C19H28N4O5/c1-11(2)8-13(19(27)28-5)21-15(25)9-23-10-20-17-16(23)14(24)7-6-12(3)18(26)22(17)4/h10-13H,6-9H2,1-5H3,(H,21,25). The number of hydrogen-bond acceptors (Lipinski definition) is 6. The van der Waals surface area contributed by atoms with E-state index >= 15 is 0 Å². The number of fused-ring (bicyclic) bond motifs is 1. The van der Waals surface area contributed by atoms with Crippen LogP contribution in [0.15, 0.2) is 6.33 Å². The number of aromatic nitrogens is 2. The summed E-state index contributed by atoms with van der Waals surface area (Å²) < 4.78 is 6.18. The second-order valence-corrected chi connectivity index (χ2v) is 7.58. The Balaban J connectivity index is 2.22. The van der Waals surface area contributed by atoms with E-state index in [-0.39, 0.29) is 48.0 Å². The molecule has 0 aliphatic carbocycles. The van der Waals surface area contributed by atoms with E-state index in [9.17, 15) is 19.2 Å². The predicted octanol–water partition coefficient (Wildman–Crippen LogP) is 1.16. The number of amides is 2. The lowest BCUT2D eigenvalue weighted by molar-refractivity contribution is -0.145. The van der Waals surface area contributed by atoms with Crippen LogP contribution in [0, 0.1) is 11.8 Å². The number of ketones is 1. The summed E-state index contributed by atoms with van der Waals surface area (Å²) in [5, 5.41) is 2.66. The first kappa shape index (κ1) is 21.6. The third-order valence-corrected chi connectivity index (χ3v) is 4.80. The average molecular weight is 392 g/mol. The summed E-state index contributed by atoms with van der Waals surface area (Å²) in [5.41, 5.74) is 0.233. The fourth-order valence-corrected chi connectivity index (χ4v) is 3.27. The topological polar surface area (TPSA) is 111 Å². The fraction of sp³-hybridized carbons (Fsp3) is 0.632. The Morgan fingerprint density at radius 1 is 1.36 bits per heavy atom. The molecule has 2 atom stereocenters. The van der Waals surface area contributed by atoms with Crippen molar-refractivity contribution in [3.05, 3.63) is 12.0 Å². The van der Waals surface area contributed by atoms with Gasteiger partial charge in [-0.05, 0) is 18.8 Å². The van der Waals surface area contributed by atoms with Crippen molar-refractivity contribution in [2.75, 3.05) is 19.1 Å². The van der Waals surface area contributed by atoms with Gasteiger partial charge in [0.1, 0.15) is 18.3 Å². The Morgan fingerprint density at radius 2 is 2.04 bits per heavy atom. The fourth-order valence-electron chi connectivity index (χ4n) is 3.27. The monoisotopic (exact) mass is 392 g/mol. The SMILES string of the molecule is COC(=O)C(CC(C)C)NC(=O)Cn1cnc2c1C(=O)CCC(C)C(=O)N2C. The minimum Gasteiger partial charge on any atom is -0.467 e. The third kappa shape index (κ3) is 4.76. The van der Waals surface area contributed by atoms with Gasteiger partial charge in [0.2, 0.25) is 11.8 Å². The molecule has 0 spiro atoms. The van der Waals surface area contributed by atoms with E-state index in [1.54, 1.807) is 14.0 Å². The first-order valence-electron chi connectivity index (χ1n) is 9.38. The van der Waals surface area contributed by atoms with Crippen molar-refractivity contribution in [1.29, 1.82) is 0 Å². The minimum absolute atomic E-state index is 0.119. The maximum atomic E-state index is 12.6. The first-order chi connectivity index (χ1) is 13.1. The van der Waals surface area contributed by atoms with E-state index in [1.807, 2.05) is 13.8 Å². The highest BCUT2D eigenvalue weighted by Gasteiger charge is 2.31. The molecule has 0 saturated heterocycles. The number of imidazole rings is 1. The molecule has 0 bridgehead atoms. The number of methoxy groups -OCH3 is 1. The maximum absolute atomic E-state index is 12.6. The van der Waals surface area contributed by atoms with Gasteiger partial charge < -0.3 is 14.6 Å². The van der Waals surface area contributed by atoms with Crippen molar-refractivity contribution in [1.82, 2.24) is 14.9 Å². The lowest BCUT2D eigenvalue weighted by Crippen LogP contribution is -2.44. The number of nitrogens with zero attached hydrogens (tertiary/aromatic N) is 3. The van der Waals surface area contributed by atoms with E-state index < -0.39 is 17.9 Å². The van der Waals surface area contributed by atoms with Crippen molar-refractivity contribution < 1.29 is 23.9 Å². The van der Waals surface area contributed by atoms with Crippen LogP contribution in [0.5, 0.6) is 0 Å². The van der Waals surface area contributed by atoms with Gasteiger partial charge in [0, 0.05) is 19.4 Å². The van der Waals surface area contributed by atoms with Gasteiger partial charge in [-0.1, -0.05) is 20.8 Å². The Labute approximate surface area is 164 Å². The third-order valence-electron chi connectivity index (χ3n) is 4.80. The van der Waals surface area contributed by atoms with Gasteiger partial charge in [-0.25, -0.2) is 9.78 Å². The first-order valence-corrected chi connectivity index (χ1v) is 9.38. The number of Topliss-reactive ketones (excluding diaryl/α,β-unsaturated/α-hetero) is 1. The van der Waals surface area contributed by atoms with Crippen LogP contribution in [0.2, 0.25) is 0 Å². The molecule has 1 N–H and O–H groups in total. The van der Waals surface area contributed by atoms with Crippen LogP contribution >= 0.6 is 0 Å². The number of rotatable bonds is 6. The van der Waals surface area contributed by atoms with Crippen LogP contribution in [0.4, 0.5) is 5.82 Å². The van der Waals surface area contributed by atoms with Crippen molar-refractivity contribution in [2.45, 2.75) is 52.6 Å². The van der Waals surface area contributed by atoms with Crippen LogP contribution in [-0.2, 0) is 25.7 Å². The second-order valence-electron chi connectivity index (χ2n) is 7.58. The van der Waals surface area contributed by atoms with Gasteiger partial charge in [-0.2, -0.15) is 0 Å². The minimum atomic E-state index is -0.761. The molecule has 9 nitrogen and oxygen atoms in total. The zero-order chi connectivity index (χ0) is 21.0. The second kappa shape index (κ2) is 8.99. The van der Waals surface area contributed by atoms with Gasteiger partial charge >= 0.3 is 5.97 Å². The largest absolute Gasteiger partial charge is 0.467 e. The number of nitrogens with one attached hydrogen (secondary N) is 1.